The van der Waals surface area contributed by atoms with Crippen molar-refractivity contribution in [2.45, 2.75) is 32.9 Å². The van der Waals surface area contributed by atoms with Crippen LogP contribution >= 0.6 is 0 Å². The molecule has 1 amide bonds. The number of hydrogen-bond acceptors (Lipinski definition) is 5. The molecule has 0 saturated heterocycles. The monoisotopic (exact) mass is 392 g/mol. The predicted octanol–water partition coefficient (Wildman–Crippen LogP) is 4.83. The molecule has 1 heterocycles. The summed E-state index contributed by atoms with van der Waals surface area (Å²) >= 11 is 0. The number of anilines is 2. The van der Waals surface area contributed by atoms with Gasteiger partial charge in [0.15, 0.2) is 0 Å². The number of nitrogens with one attached hydrogen (secondary N) is 3. The quantitative estimate of drug-likeness (QED) is 0.614. The average molecular weight is 392 g/mol. The van der Waals surface area contributed by atoms with Gasteiger partial charge in [0.05, 0.1) is 5.69 Å². The van der Waals surface area contributed by atoms with Crippen LogP contribution in [-0.4, -0.2) is 23.0 Å². The van der Waals surface area contributed by atoms with Crippen LogP contribution in [0.1, 0.15) is 34.7 Å². The highest BCUT2D eigenvalue weighted by atomic mass is 19.4. The Hall–Kier alpha value is -3.10. The second kappa shape index (κ2) is 7.49. The van der Waals surface area contributed by atoms with E-state index in [9.17, 15) is 18.0 Å². The lowest BCUT2D eigenvalue weighted by Gasteiger charge is -2.13. The van der Waals surface area contributed by atoms with E-state index in [4.69, 9.17) is 9.93 Å². The summed E-state index contributed by atoms with van der Waals surface area (Å²) in [7, 11) is 0. The molecule has 1 fully saturated rings. The fourth-order valence-corrected chi connectivity index (χ4v) is 2.69. The molecule has 2 aromatic rings. The minimum Gasteiger partial charge on any atom is -0.361 e. The summed E-state index contributed by atoms with van der Waals surface area (Å²) in [5.41, 5.74) is 0.936. The van der Waals surface area contributed by atoms with Gasteiger partial charge in [0.1, 0.15) is 17.0 Å². The summed E-state index contributed by atoms with van der Waals surface area (Å²) in [5.74, 6) is 0.0652. The number of amides is 1. The summed E-state index contributed by atoms with van der Waals surface area (Å²) < 4.78 is 42.9. The lowest BCUT2D eigenvalue weighted by molar-refractivity contribution is -0.0584. The maximum atomic E-state index is 12.6. The Bertz CT molecular complexity index is 906. The standard InChI is InChI=1S/C19H19F3N4O2/c1-10-17(11(2)28-26-10)18(27)25-14-7-5-13(6-8-14)24-15(12-3-4-12)9-16(23)19(20,21)22/h5-9,12,23-24H,3-4H2,1-2H3,(H,25,27)/b15-9-,23-16?. The first kappa shape index (κ1) is 19.7. The molecule has 0 radical (unpaired) electrons. The van der Waals surface area contributed by atoms with Crippen LogP contribution in [-0.2, 0) is 0 Å². The molecule has 3 rings (SSSR count). The van der Waals surface area contributed by atoms with E-state index in [1.54, 1.807) is 38.1 Å². The highest BCUT2D eigenvalue weighted by Crippen LogP contribution is 2.37. The van der Waals surface area contributed by atoms with E-state index in [2.05, 4.69) is 15.8 Å². The SMILES string of the molecule is Cc1noc(C)c1C(=O)Nc1ccc(N/C(=C\C(=N)C(F)(F)F)C2CC2)cc1. The van der Waals surface area contributed by atoms with Crippen LogP contribution in [0.2, 0.25) is 0 Å². The summed E-state index contributed by atoms with van der Waals surface area (Å²) in [6.07, 6.45) is -2.26. The van der Waals surface area contributed by atoms with E-state index in [1.165, 1.54) is 0 Å². The van der Waals surface area contributed by atoms with Crippen LogP contribution < -0.4 is 10.6 Å². The third kappa shape index (κ3) is 4.59. The van der Waals surface area contributed by atoms with Crippen molar-refractivity contribution in [2.24, 2.45) is 5.92 Å². The third-order valence-electron chi connectivity index (χ3n) is 4.31. The van der Waals surface area contributed by atoms with E-state index in [1.807, 2.05) is 0 Å². The van der Waals surface area contributed by atoms with Gasteiger partial charge in [-0.15, -0.1) is 0 Å². The molecule has 9 heteroatoms. The van der Waals surface area contributed by atoms with Gasteiger partial charge in [-0.2, -0.15) is 13.2 Å². The van der Waals surface area contributed by atoms with E-state index >= 15 is 0 Å². The molecule has 0 spiro atoms. The van der Waals surface area contributed by atoms with Crippen LogP contribution in [0.25, 0.3) is 0 Å². The van der Waals surface area contributed by atoms with Crippen molar-refractivity contribution in [3.63, 3.8) is 0 Å². The second-order valence-corrected chi connectivity index (χ2v) is 6.64. The van der Waals surface area contributed by atoms with Crippen molar-refractivity contribution >= 4 is 23.0 Å². The Labute approximate surface area is 159 Å². The molecule has 0 atom stereocenters. The topological polar surface area (TPSA) is 91.0 Å². The minimum absolute atomic E-state index is 0.00150. The molecule has 0 unspecified atom stereocenters. The number of rotatable bonds is 6. The van der Waals surface area contributed by atoms with Crippen molar-refractivity contribution in [3.05, 3.63) is 53.1 Å². The van der Waals surface area contributed by atoms with Gasteiger partial charge in [-0.1, -0.05) is 5.16 Å². The van der Waals surface area contributed by atoms with Crippen LogP contribution in [0.3, 0.4) is 0 Å². The molecule has 148 valence electrons. The molecular weight excluding hydrogens is 373 g/mol. The van der Waals surface area contributed by atoms with Crippen LogP contribution in [0.4, 0.5) is 24.5 Å². The van der Waals surface area contributed by atoms with Crippen LogP contribution in [0, 0.1) is 25.2 Å². The van der Waals surface area contributed by atoms with E-state index < -0.39 is 11.9 Å². The van der Waals surface area contributed by atoms with Crippen LogP contribution in [0.15, 0.2) is 40.6 Å². The van der Waals surface area contributed by atoms with Gasteiger partial charge in [-0.3, -0.25) is 10.2 Å². The summed E-state index contributed by atoms with van der Waals surface area (Å²) in [5, 5.41) is 16.6. The smallest absolute Gasteiger partial charge is 0.361 e. The Balaban J connectivity index is 1.69. The Morgan fingerprint density at radius 1 is 1.18 bits per heavy atom. The zero-order valence-electron chi connectivity index (χ0n) is 15.3. The Morgan fingerprint density at radius 3 is 2.21 bits per heavy atom. The zero-order chi connectivity index (χ0) is 20.5. The lowest BCUT2D eigenvalue weighted by atomic mass is 10.1. The maximum Gasteiger partial charge on any atom is 0.432 e. The first-order valence-corrected chi connectivity index (χ1v) is 8.64. The molecule has 0 bridgehead atoms. The number of hydrogen-bond donors (Lipinski definition) is 3. The number of halogens is 3. The molecule has 28 heavy (non-hydrogen) atoms. The fourth-order valence-electron chi connectivity index (χ4n) is 2.69. The van der Waals surface area contributed by atoms with Gasteiger partial charge in [-0.25, -0.2) is 0 Å². The van der Waals surface area contributed by atoms with Gasteiger partial charge in [0.25, 0.3) is 5.91 Å². The van der Waals surface area contributed by atoms with E-state index in [0.717, 1.165) is 18.9 Å². The lowest BCUT2D eigenvalue weighted by Crippen LogP contribution is -2.21. The fraction of sp³-hybridized carbons (Fsp3) is 0.316. The number of aromatic nitrogens is 1. The zero-order valence-corrected chi connectivity index (χ0v) is 15.3. The largest absolute Gasteiger partial charge is 0.432 e. The number of carbonyl (C=O) groups is 1. The number of aryl methyl sites for hydroxylation is 2. The normalized spacial score (nSPS) is 14.7. The summed E-state index contributed by atoms with van der Waals surface area (Å²) in [4.78, 5) is 12.3. The minimum atomic E-state index is -4.67. The third-order valence-corrected chi connectivity index (χ3v) is 4.31. The maximum absolute atomic E-state index is 12.6. The molecule has 1 aliphatic carbocycles. The molecule has 0 aliphatic heterocycles. The summed E-state index contributed by atoms with van der Waals surface area (Å²) in [6.45, 7) is 3.31. The number of carbonyl (C=O) groups excluding carboxylic acids is 1. The molecule has 6 nitrogen and oxygen atoms in total. The molecule has 1 aromatic heterocycles. The first-order chi connectivity index (χ1) is 13.1. The highest BCUT2D eigenvalue weighted by molar-refractivity contribution is 6.05. The number of allylic oxidation sites excluding steroid dienone is 2. The number of benzene rings is 1. The number of alkyl halides is 3. The summed E-state index contributed by atoms with van der Waals surface area (Å²) in [6, 6.07) is 6.57. The van der Waals surface area contributed by atoms with Gasteiger partial charge in [0, 0.05) is 17.1 Å². The van der Waals surface area contributed by atoms with Gasteiger partial charge >= 0.3 is 6.18 Å². The van der Waals surface area contributed by atoms with Crippen molar-refractivity contribution in [3.8, 4) is 0 Å². The molecule has 1 aromatic carbocycles. The molecule has 1 saturated carbocycles. The van der Waals surface area contributed by atoms with E-state index in [-0.39, 0.29) is 11.8 Å². The van der Waals surface area contributed by atoms with Crippen molar-refractivity contribution in [2.75, 3.05) is 10.6 Å². The molecular formula is C19H19F3N4O2. The van der Waals surface area contributed by atoms with E-state index in [0.29, 0.717) is 34.1 Å². The van der Waals surface area contributed by atoms with Gasteiger partial charge in [-0.05, 0) is 62.9 Å². The Morgan fingerprint density at radius 2 is 1.75 bits per heavy atom. The Kier molecular flexibility index (Phi) is 5.26. The molecule has 1 aliphatic rings. The van der Waals surface area contributed by atoms with Crippen molar-refractivity contribution in [1.29, 1.82) is 5.41 Å². The first-order valence-electron chi connectivity index (χ1n) is 8.64. The van der Waals surface area contributed by atoms with Gasteiger partial charge in [0.2, 0.25) is 0 Å². The molecule has 3 N–H and O–H groups in total. The second-order valence-electron chi connectivity index (χ2n) is 6.64. The van der Waals surface area contributed by atoms with Crippen LogP contribution in [0.5, 0.6) is 0 Å². The highest BCUT2D eigenvalue weighted by Gasteiger charge is 2.35. The van der Waals surface area contributed by atoms with Crippen molar-refractivity contribution < 1.29 is 22.5 Å². The van der Waals surface area contributed by atoms with Gasteiger partial charge < -0.3 is 15.2 Å². The number of nitrogens with zero attached hydrogens (tertiary/aromatic N) is 1. The predicted molar refractivity (Wildman–Crippen MR) is 98.6 cm³/mol. The van der Waals surface area contributed by atoms with Crippen molar-refractivity contribution in [1.82, 2.24) is 5.16 Å². The average Bonchev–Trinajstić information content (AvgIpc) is 3.40.